The van der Waals surface area contributed by atoms with Gasteiger partial charge < -0.3 is 14.4 Å². The Morgan fingerprint density at radius 1 is 1.46 bits per heavy atom. The van der Waals surface area contributed by atoms with Crippen LogP contribution in [0.4, 0.5) is 5.82 Å². The Morgan fingerprint density at radius 3 is 2.92 bits per heavy atom. The molecule has 1 unspecified atom stereocenters. The maximum Gasteiger partial charge on any atom is 0.239 e. The predicted octanol–water partition coefficient (Wildman–Crippen LogP) is 4.03. The van der Waals surface area contributed by atoms with E-state index in [0.29, 0.717) is 23.0 Å². The summed E-state index contributed by atoms with van der Waals surface area (Å²) in [5, 5.41) is 7.69. The van der Waals surface area contributed by atoms with Gasteiger partial charge in [-0.05, 0) is 31.5 Å². The summed E-state index contributed by atoms with van der Waals surface area (Å²) in [4.78, 5) is 17.0. The van der Waals surface area contributed by atoms with Crippen molar-refractivity contribution in [2.45, 2.75) is 30.7 Å². The Hall–Kier alpha value is -1.99. The minimum absolute atomic E-state index is 0.124. The molecule has 0 aliphatic rings. The van der Waals surface area contributed by atoms with Crippen molar-refractivity contribution in [3.63, 3.8) is 0 Å². The molecule has 126 valence electrons. The second-order valence-corrected chi connectivity index (χ2v) is 7.02. The van der Waals surface area contributed by atoms with E-state index in [2.05, 4.69) is 15.5 Å². The molecule has 6 nitrogen and oxygen atoms in total. The smallest absolute Gasteiger partial charge is 0.239 e. The fraction of sp³-hybridized carbons (Fsp3) is 0.312. The Balaban J connectivity index is 1.79. The van der Waals surface area contributed by atoms with Crippen LogP contribution in [0.5, 0.6) is 0 Å². The Bertz CT molecular complexity index is 889. The Labute approximate surface area is 148 Å². The lowest BCUT2D eigenvalue weighted by atomic mass is 10.3. The van der Waals surface area contributed by atoms with Crippen LogP contribution in [-0.4, -0.2) is 25.9 Å². The quantitative estimate of drug-likeness (QED) is 0.692. The molecular formula is C16H17ClN4O2S. The highest BCUT2D eigenvalue weighted by Crippen LogP contribution is 2.29. The highest BCUT2D eigenvalue weighted by molar-refractivity contribution is 8.00. The number of anilines is 1. The number of thioether (sulfide) groups is 1. The first-order valence-electron chi connectivity index (χ1n) is 7.50. The molecule has 2 aromatic heterocycles. The second-order valence-electron chi connectivity index (χ2n) is 5.41. The Kier molecular flexibility index (Phi) is 4.82. The van der Waals surface area contributed by atoms with Gasteiger partial charge in [0.1, 0.15) is 5.76 Å². The number of aryl methyl sites for hydroxylation is 2. The van der Waals surface area contributed by atoms with E-state index in [1.165, 1.54) is 11.8 Å². The van der Waals surface area contributed by atoms with E-state index in [4.69, 9.17) is 16.1 Å². The zero-order valence-electron chi connectivity index (χ0n) is 13.5. The standard InChI is InChI=1S/C16H17ClN4O2S/c1-4-13(15(22)19-14-7-9(2)23-20-14)24-16-18-11-8-10(17)5-6-12(11)21(16)3/h5-8,13H,4H2,1-3H3,(H,19,20,22). The van der Waals surface area contributed by atoms with Gasteiger partial charge in [0.25, 0.3) is 0 Å². The molecule has 1 atom stereocenters. The van der Waals surface area contributed by atoms with Crippen LogP contribution in [0.3, 0.4) is 0 Å². The van der Waals surface area contributed by atoms with Gasteiger partial charge in [0, 0.05) is 18.1 Å². The number of imidazole rings is 1. The highest BCUT2D eigenvalue weighted by Gasteiger charge is 2.22. The molecular weight excluding hydrogens is 348 g/mol. The maximum absolute atomic E-state index is 12.5. The van der Waals surface area contributed by atoms with Crippen LogP contribution in [0.15, 0.2) is 33.9 Å². The molecule has 1 aromatic carbocycles. The summed E-state index contributed by atoms with van der Waals surface area (Å²) in [5.41, 5.74) is 1.79. The monoisotopic (exact) mass is 364 g/mol. The minimum atomic E-state index is -0.284. The number of rotatable bonds is 5. The van der Waals surface area contributed by atoms with E-state index in [0.717, 1.165) is 16.2 Å². The number of hydrogen-bond donors (Lipinski definition) is 1. The number of carbonyl (C=O) groups is 1. The van der Waals surface area contributed by atoms with Crippen LogP contribution in [-0.2, 0) is 11.8 Å². The first-order chi connectivity index (χ1) is 11.5. The van der Waals surface area contributed by atoms with Crippen LogP contribution in [0.2, 0.25) is 5.02 Å². The molecule has 2 heterocycles. The van der Waals surface area contributed by atoms with Gasteiger partial charge in [-0.1, -0.05) is 35.4 Å². The van der Waals surface area contributed by atoms with Gasteiger partial charge in [-0.3, -0.25) is 4.79 Å². The van der Waals surface area contributed by atoms with E-state index < -0.39 is 0 Å². The summed E-state index contributed by atoms with van der Waals surface area (Å²) in [6.07, 6.45) is 0.664. The van der Waals surface area contributed by atoms with Crippen LogP contribution < -0.4 is 5.32 Å². The summed E-state index contributed by atoms with van der Waals surface area (Å²) in [7, 11) is 1.93. The van der Waals surface area contributed by atoms with Crippen molar-refractivity contribution in [1.82, 2.24) is 14.7 Å². The maximum atomic E-state index is 12.5. The second kappa shape index (κ2) is 6.86. The van der Waals surface area contributed by atoms with Gasteiger partial charge in [0.2, 0.25) is 5.91 Å². The number of amides is 1. The molecule has 3 aromatic rings. The third-order valence-electron chi connectivity index (χ3n) is 3.59. The first kappa shape index (κ1) is 16.9. The van der Waals surface area contributed by atoms with Gasteiger partial charge in [-0.25, -0.2) is 4.98 Å². The number of aromatic nitrogens is 3. The summed E-state index contributed by atoms with van der Waals surface area (Å²) in [5.74, 6) is 0.951. The minimum Gasteiger partial charge on any atom is -0.360 e. The van der Waals surface area contributed by atoms with Crippen LogP contribution in [0.25, 0.3) is 11.0 Å². The fourth-order valence-electron chi connectivity index (χ4n) is 2.34. The molecule has 3 rings (SSSR count). The van der Waals surface area contributed by atoms with Crippen molar-refractivity contribution in [1.29, 1.82) is 0 Å². The molecule has 0 bridgehead atoms. The lowest BCUT2D eigenvalue weighted by molar-refractivity contribution is -0.115. The Morgan fingerprint density at radius 2 is 2.25 bits per heavy atom. The third-order valence-corrected chi connectivity index (χ3v) is 5.23. The summed E-state index contributed by atoms with van der Waals surface area (Å²) >= 11 is 7.44. The molecule has 0 aliphatic heterocycles. The van der Waals surface area contributed by atoms with E-state index in [-0.39, 0.29) is 11.2 Å². The van der Waals surface area contributed by atoms with Crippen LogP contribution in [0.1, 0.15) is 19.1 Å². The number of halogens is 1. The number of fused-ring (bicyclic) bond motifs is 1. The number of carbonyl (C=O) groups excluding carboxylic acids is 1. The van der Waals surface area contributed by atoms with Gasteiger partial charge in [-0.15, -0.1) is 0 Å². The predicted molar refractivity (Wildman–Crippen MR) is 95.5 cm³/mol. The average Bonchev–Trinajstić information content (AvgIpc) is 3.08. The van der Waals surface area contributed by atoms with Crippen molar-refractivity contribution in [2.24, 2.45) is 7.05 Å². The largest absolute Gasteiger partial charge is 0.360 e. The van der Waals surface area contributed by atoms with E-state index in [9.17, 15) is 4.79 Å². The number of hydrogen-bond acceptors (Lipinski definition) is 5. The van der Waals surface area contributed by atoms with Crippen LogP contribution in [0, 0.1) is 6.92 Å². The lowest BCUT2D eigenvalue weighted by Gasteiger charge is -2.13. The van der Waals surface area contributed by atoms with Crippen molar-refractivity contribution in [3.8, 4) is 0 Å². The van der Waals surface area contributed by atoms with Crippen molar-refractivity contribution in [2.75, 3.05) is 5.32 Å². The highest BCUT2D eigenvalue weighted by atomic mass is 35.5. The molecule has 1 N–H and O–H groups in total. The molecule has 0 saturated heterocycles. The van der Waals surface area contributed by atoms with Gasteiger partial charge in [-0.2, -0.15) is 0 Å². The number of nitrogens with one attached hydrogen (secondary N) is 1. The number of benzene rings is 1. The van der Waals surface area contributed by atoms with E-state index in [1.807, 2.05) is 36.7 Å². The molecule has 0 fully saturated rings. The summed E-state index contributed by atoms with van der Waals surface area (Å²) in [6.45, 7) is 3.74. The molecule has 24 heavy (non-hydrogen) atoms. The molecule has 0 saturated carbocycles. The van der Waals surface area contributed by atoms with Crippen molar-refractivity contribution >= 4 is 46.1 Å². The van der Waals surface area contributed by atoms with Gasteiger partial charge >= 0.3 is 0 Å². The van der Waals surface area contributed by atoms with Crippen molar-refractivity contribution < 1.29 is 9.32 Å². The molecule has 0 spiro atoms. The molecule has 1 amide bonds. The fourth-order valence-corrected chi connectivity index (χ4v) is 3.50. The van der Waals surface area contributed by atoms with Crippen LogP contribution >= 0.6 is 23.4 Å². The zero-order chi connectivity index (χ0) is 17.3. The average molecular weight is 365 g/mol. The topological polar surface area (TPSA) is 73.0 Å². The van der Waals surface area contributed by atoms with Gasteiger partial charge in [0.15, 0.2) is 11.0 Å². The molecule has 0 radical (unpaired) electrons. The number of nitrogens with zero attached hydrogens (tertiary/aromatic N) is 3. The van der Waals surface area contributed by atoms with E-state index in [1.54, 1.807) is 13.0 Å². The summed E-state index contributed by atoms with van der Waals surface area (Å²) < 4.78 is 6.93. The zero-order valence-corrected chi connectivity index (χ0v) is 15.1. The summed E-state index contributed by atoms with van der Waals surface area (Å²) in [6, 6.07) is 7.26. The first-order valence-corrected chi connectivity index (χ1v) is 8.76. The van der Waals surface area contributed by atoms with Gasteiger partial charge in [0.05, 0.1) is 16.3 Å². The van der Waals surface area contributed by atoms with E-state index >= 15 is 0 Å². The third kappa shape index (κ3) is 3.42. The molecule has 0 aliphatic carbocycles. The van der Waals surface area contributed by atoms with Crippen molar-refractivity contribution in [3.05, 3.63) is 35.0 Å². The normalized spacial score (nSPS) is 12.5. The SMILES string of the molecule is CCC(Sc1nc2cc(Cl)ccc2n1C)C(=O)Nc1cc(C)on1. The lowest BCUT2D eigenvalue weighted by Crippen LogP contribution is -2.25. The molecule has 8 heteroatoms.